The number of rotatable bonds is 3. The van der Waals surface area contributed by atoms with Gasteiger partial charge in [-0.2, -0.15) is 0 Å². The molecule has 2 rings (SSSR count). The second kappa shape index (κ2) is 6.00. The van der Waals surface area contributed by atoms with Gasteiger partial charge in [0.25, 0.3) is 0 Å². The number of hydrogen-bond donors (Lipinski definition) is 0. The van der Waals surface area contributed by atoms with Crippen LogP contribution < -0.4 is 0 Å². The molecule has 6 heteroatoms. The Hall–Kier alpha value is -1.95. The average molecular weight is 280 g/mol. The third-order valence-corrected chi connectivity index (χ3v) is 3.38. The fraction of sp³-hybridized carbons (Fsp3) is 0.429. The standard InChI is InChI=1S/C14H17FN2O3/c1-16-5-6-17(9-13(16)18)8-10-3-4-11(12(15)7-10)14(19)20-2/h3-4,7H,5-6,8-9H2,1-2H3. The SMILES string of the molecule is COC(=O)c1ccc(CN2CCN(C)C(=O)C2)cc1F. The Labute approximate surface area is 116 Å². The number of amides is 1. The molecule has 1 saturated heterocycles. The summed E-state index contributed by atoms with van der Waals surface area (Å²) in [6.45, 7) is 2.24. The van der Waals surface area contributed by atoms with Gasteiger partial charge in [0.05, 0.1) is 19.2 Å². The summed E-state index contributed by atoms with van der Waals surface area (Å²) in [5, 5.41) is 0. The Bertz CT molecular complexity index is 533. The number of carbonyl (C=O) groups is 2. The first-order valence-corrected chi connectivity index (χ1v) is 6.34. The Morgan fingerprint density at radius 1 is 1.40 bits per heavy atom. The minimum atomic E-state index is -0.691. The van der Waals surface area contributed by atoms with Gasteiger partial charge in [0.1, 0.15) is 5.82 Å². The van der Waals surface area contributed by atoms with Crippen LogP contribution in [0.15, 0.2) is 18.2 Å². The molecule has 0 unspecified atom stereocenters. The number of nitrogens with zero attached hydrogens (tertiary/aromatic N) is 2. The number of esters is 1. The second-order valence-electron chi connectivity index (χ2n) is 4.83. The van der Waals surface area contributed by atoms with E-state index in [0.29, 0.717) is 19.6 Å². The number of halogens is 1. The van der Waals surface area contributed by atoms with Crippen LogP contribution in [0.25, 0.3) is 0 Å². The highest BCUT2D eigenvalue weighted by molar-refractivity contribution is 5.89. The van der Waals surface area contributed by atoms with Gasteiger partial charge in [0.2, 0.25) is 5.91 Å². The number of ether oxygens (including phenoxy) is 1. The van der Waals surface area contributed by atoms with Gasteiger partial charge in [-0.1, -0.05) is 6.07 Å². The summed E-state index contributed by atoms with van der Waals surface area (Å²) in [5.74, 6) is -1.23. The summed E-state index contributed by atoms with van der Waals surface area (Å²) in [7, 11) is 2.98. The minimum Gasteiger partial charge on any atom is -0.465 e. The fourth-order valence-corrected chi connectivity index (χ4v) is 2.13. The van der Waals surface area contributed by atoms with Gasteiger partial charge in [0.15, 0.2) is 0 Å². The zero-order valence-corrected chi connectivity index (χ0v) is 11.6. The minimum absolute atomic E-state index is 0.0582. The third kappa shape index (κ3) is 3.14. The fourth-order valence-electron chi connectivity index (χ4n) is 2.13. The molecular formula is C14H17FN2O3. The first-order chi connectivity index (χ1) is 9.51. The quantitative estimate of drug-likeness (QED) is 0.772. The van der Waals surface area contributed by atoms with E-state index in [2.05, 4.69) is 4.74 Å². The molecule has 1 aromatic rings. The number of piperazine rings is 1. The molecule has 0 aromatic heterocycles. The maximum atomic E-state index is 13.8. The van der Waals surface area contributed by atoms with E-state index in [0.717, 1.165) is 12.1 Å². The summed E-state index contributed by atoms with van der Waals surface area (Å²) in [4.78, 5) is 26.5. The van der Waals surface area contributed by atoms with Crippen molar-refractivity contribution in [1.82, 2.24) is 9.80 Å². The van der Waals surface area contributed by atoms with Crippen LogP contribution in [0.3, 0.4) is 0 Å². The van der Waals surface area contributed by atoms with Crippen LogP contribution in [-0.4, -0.2) is 55.5 Å². The lowest BCUT2D eigenvalue weighted by atomic mass is 10.1. The highest BCUT2D eigenvalue weighted by atomic mass is 19.1. The highest BCUT2D eigenvalue weighted by Crippen LogP contribution is 2.14. The summed E-state index contributed by atoms with van der Waals surface area (Å²) in [6, 6.07) is 4.40. The van der Waals surface area contributed by atoms with Crippen molar-refractivity contribution in [3.63, 3.8) is 0 Å². The number of methoxy groups -OCH3 is 1. The van der Waals surface area contributed by atoms with Crippen molar-refractivity contribution in [3.05, 3.63) is 35.1 Å². The molecule has 1 heterocycles. The molecule has 1 aliphatic heterocycles. The first kappa shape index (κ1) is 14.5. The maximum absolute atomic E-state index is 13.8. The van der Waals surface area contributed by atoms with E-state index >= 15 is 0 Å². The molecule has 0 spiro atoms. The van der Waals surface area contributed by atoms with Crippen molar-refractivity contribution in [2.75, 3.05) is 33.8 Å². The monoisotopic (exact) mass is 280 g/mol. The van der Waals surface area contributed by atoms with E-state index in [1.807, 2.05) is 4.90 Å². The lowest BCUT2D eigenvalue weighted by molar-refractivity contribution is -0.134. The molecule has 0 saturated carbocycles. The van der Waals surface area contributed by atoms with Crippen molar-refractivity contribution in [2.45, 2.75) is 6.54 Å². The topological polar surface area (TPSA) is 49.9 Å². The normalized spacial score (nSPS) is 16.4. The van der Waals surface area contributed by atoms with Gasteiger partial charge in [-0.15, -0.1) is 0 Å². The molecule has 108 valence electrons. The zero-order valence-electron chi connectivity index (χ0n) is 11.6. The molecule has 0 radical (unpaired) electrons. The largest absolute Gasteiger partial charge is 0.465 e. The van der Waals surface area contributed by atoms with E-state index in [1.54, 1.807) is 18.0 Å². The van der Waals surface area contributed by atoms with E-state index < -0.39 is 11.8 Å². The number of carbonyl (C=O) groups excluding carboxylic acids is 2. The molecule has 0 N–H and O–H groups in total. The van der Waals surface area contributed by atoms with Crippen molar-refractivity contribution in [3.8, 4) is 0 Å². The van der Waals surface area contributed by atoms with Crippen LogP contribution in [-0.2, 0) is 16.1 Å². The summed E-state index contributed by atoms with van der Waals surface area (Å²) in [5.41, 5.74) is 0.651. The van der Waals surface area contributed by atoms with Crippen molar-refractivity contribution < 1.29 is 18.7 Å². The summed E-state index contributed by atoms with van der Waals surface area (Å²) < 4.78 is 18.3. The zero-order chi connectivity index (χ0) is 14.7. The average Bonchev–Trinajstić information content (AvgIpc) is 2.42. The number of hydrogen-bond acceptors (Lipinski definition) is 4. The maximum Gasteiger partial charge on any atom is 0.340 e. The Morgan fingerprint density at radius 2 is 2.15 bits per heavy atom. The highest BCUT2D eigenvalue weighted by Gasteiger charge is 2.21. The van der Waals surface area contributed by atoms with Gasteiger partial charge in [0, 0.05) is 26.7 Å². The van der Waals surface area contributed by atoms with Crippen LogP contribution in [0, 0.1) is 5.82 Å². The van der Waals surface area contributed by atoms with E-state index in [9.17, 15) is 14.0 Å². The Kier molecular flexibility index (Phi) is 4.34. The Balaban J connectivity index is 2.05. The van der Waals surface area contributed by atoms with Crippen LogP contribution in [0.2, 0.25) is 0 Å². The van der Waals surface area contributed by atoms with Crippen LogP contribution in [0.5, 0.6) is 0 Å². The third-order valence-electron chi connectivity index (χ3n) is 3.38. The van der Waals surface area contributed by atoms with Gasteiger partial charge in [-0.3, -0.25) is 9.69 Å². The van der Waals surface area contributed by atoms with Gasteiger partial charge < -0.3 is 9.64 Å². The molecule has 20 heavy (non-hydrogen) atoms. The predicted octanol–water partition coefficient (Wildman–Crippen LogP) is 0.886. The summed E-state index contributed by atoms with van der Waals surface area (Å²) >= 11 is 0. The van der Waals surface area contributed by atoms with Gasteiger partial charge >= 0.3 is 5.97 Å². The van der Waals surface area contributed by atoms with Gasteiger partial charge in [-0.05, 0) is 17.7 Å². The van der Waals surface area contributed by atoms with Crippen LogP contribution in [0.1, 0.15) is 15.9 Å². The molecular weight excluding hydrogens is 263 g/mol. The second-order valence-corrected chi connectivity index (χ2v) is 4.83. The molecule has 0 bridgehead atoms. The molecule has 1 amide bonds. The molecule has 1 fully saturated rings. The number of benzene rings is 1. The van der Waals surface area contributed by atoms with E-state index in [1.165, 1.54) is 19.2 Å². The Morgan fingerprint density at radius 3 is 2.75 bits per heavy atom. The molecule has 5 nitrogen and oxygen atoms in total. The smallest absolute Gasteiger partial charge is 0.340 e. The molecule has 0 aliphatic carbocycles. The summed E-state index contributed by atoms with van der Waals surface area (Å²) in [6.07, 6.45) is 0. The van der Waals surface area contributed by atoms with E-state index in [-0.39, 0.29) is 11.5 Å². The lowest BCUT2D eigenvalue weighted by Crippen LogP contribution is -2.47. The van der Waals surface area contributed by atoms with Crippen LogP contribution in [0.4, 0.5) is 4.39 Å². The number of likely N-dealkylation sites (N-methyl/N-ethyl adjacent to an activating group) is 1. The molecule has 1 aromatic carbocycles. The predicted molar refractivity (Wildman–Crippen MR) is 70.7 cm³/mol. The first-order valence-electron chi connectivity index (χ1n) is 6.34. The lowest BCUT2D eigenvalue weighted by Gasteiger charge is -2.31. The molecule has 1 aliphatic rings. The van der Waals surface area contributed by atoms with Crippen molar-refractivity contribution >= 4 is 11.9 Å². The van der Waals surface area contributed by atoms with Gasteiger partial charge in [-0.25, -0.2) is 9.18 Å². The van der Waals surface area contributed by atoms with Crippen molar-refractivity contribution in [2.24, 2.45) is 0 Å². The van der Waals surface area contributed by atoms with Crippen molar-refractivity contribution in [1.29, 1.82) is 0 Å². The van der Waals surface area contributed by atoms with E-state index in [4.69, 9.17) is 0 Å². The molecule has 0 atom stereocenters. The van der Waals surface area contributed by atoms with Crippen LogP contribution >= 0.6 is 0 Å².